The fraction of sp³-hybridized carbons (Fsp3) is 0.467. The van der Waals surface area contributed by atoms with Gasteiger partial charge in [0, 0.05) is 35.9 Å². The molecule has 0 spiro atoms. The third-order valence-corrected chi connectivity index (χ3v) is 7.71. The molecule has 8 N–H and O–H groups in total. The van der Waals surface area contributed by atoms with Gasteiger partial charge in [-0.15, -0.1) is 0 Å². The van der Waals surface area contributed by atoms with Crippen LogP contribution in [-0.4, -0.2) is 70.2 Å². The first kappa shape index (κ1) is 33.7. The number of carbonyl (C=O) groups excluding carboxylic acids is 4. The van der Waals surface area contributed by atoms with E-state index in [-0.39, 0.29) is 30.4 Å². The van der Waals surface area contributed by atoms with Crippen molar-refractivity contribution in [2.45, 2.75) is 82.5 Å². The summed E-state index contributed by atoms with van der Waals surface area (Å²) in [5.41, 5.74) is 12.2. The molecule has 13 heteroatoms. The normalized spacial score (nSPS) is 15.4. The van der Waals surface area contributed by atoms with Crippen molar-refractivity contribution < 1.29 is 19.2 Å². The first-order chi connectivity index (χ1) is 20.6. The Hall–Kier alpha value is -3.84. The van der Waals surface area contributed by atoms with Gasteiger partial charge in [0.25, 0.3) is 11.8 Å². The second kappa shape index (κ2) is 16.7. The first-order valence-electron chi connectivity index (χ1n) is 14.5. The second-order valence-corrected chi connectivity index (χ2v) is 11.7. The molecule has 0 bridgehead atoms. The SMILES string of the molecule is C[C@H](N)C(=O)N[C@@H](CCCNC(=N)N)C(=O)N[C@@H](Cc1ccccc1)C(=O)N(C(=O)c1cncc(Br)c1)C1CCCCC1. The van der Waals surface area contributed by atoms with E-state index in [0.29, 0.717) is 30.3 Å². The van der Waals surface area contributed by atoms with Crippen LogP contribution >= 0.6 is 15.9 Å². The summed E-state index contributed by atoms with van der Waals surface area (Å²) in [6.07, 6.45) is 7.85. The fourth-order valence-electron chi connectivity index (χ4n) is 5.04. The van der Waals surface area contributed by atoms with Crippen LogP contribution in [0.1, 0.15) is 67.8 Å². The lowest BCUT2D eigenvalue weighted by Gasteiger charge is -2.35. The van der Waals surface area contributed by atoms with Gasteiger partial charge in [-0.25, -0.2) is 0 Å². The van der Waals surface area contributed by atoms with Crippen LogP contribution < -0.4 is 27.4 Å². The van der Waals surface area contributed by atoms with Crippen molar-refractivity contribution >= 4 is 45.5 Å². The minimum atomic E-state index is -1.09. The topological polar surface area (TPSA) is 196 Å². The van der Waals surface area contributed by atoms with Gasteiger partial charge in [0.1, 0.15) is 12.1 Å². The highest BCUT2D eigenvalue weighted by molar-refractivity contribution is 9.10. The zero-order chi connectivity index (χ0) is 31.4. The van der Waals surface area contributed by atoms with Gasteiger partial charge in [-0.05, 0) is 60.2 Å². The van der Waals surface area contributed by atoms with Crippen molar-refractivity contribution in [1.82, 2.24) is 25.8 Å². The Morgan fingerprint density at radius 3 is 2.35 bits per heavy atom. The van der Waals surface area contributed by atoms with Gasteiger partial charge in [-0.3, -0.25) is 34.5 Å². The van der Waals surface area contributed by atoms with E-state index in [1.807, 2.05) is 30.3 Å². The molecule has 1 heterocycles. The van der Waals surface area contributed by atoms with Crippen molar-refractivity contribution in [3.8, 4) is 0 Å². The summed E-state index contributed by atoms with van der Waals surface area (Å²) in [4.78, 5) is 59.8. The highest BCUT2D eigenvalue weighted by Gasteiger charge is 2.37. The maximum atomic E-state index is 14.4. The molecule has 0 aliphatic heterocycles. The van der Waals surface area contributed by atoms with Crippen LogP contribution in [0.3, 0.4) is 0 Å². The number of aromatic nitrogens is 1. The average molecular weight is 658 g/mol. The van der Waals surface area contributed by atoms with E-state index in [9.17, 15) is 19.2 Å². The summed E-state index contributed by atoms with van der Waals surface area (Å²) in [5.74, 6) is -2.31. The van der Waals surface area contributed by atoms with Crippen LogP contribution in [-0.2, 0) is 20.8 Å². The largest absolute Gasteiger partial charge is 0.370 e. The van der Waals surface area contributed by atoms with Crippen LogP contribution in [0.15, 0.2) is 53.3 Å². The summed E-state index contributed by atoms with van der Waals surface area (Å²) in [6.45, 7) is 1.82. The quantitative estimate of drug-likeness (QED) is 0.107. The van der Waals surface area contributed by atoms with Crippen LogP contribution in [0, 0.1) is 5.41 Å². The number of imide groups is 1. The lowest BCUT2D eigenvalue weighted by Crippen LogP contribution is -2.58. The van der Waals surface area contributed by atoms with E-state index < -0.39 is 41.8 Å². The van der Waals surface area contributed by atoms with E-state index in [1.165, 1.54) is 18.0 Å². The number of carbonyl (C=O) groups is 4. The lowest BCUT2D eigenvalue weighted by molar-refractivity contribution is -0.137. The third-order valence-electron chi connectivity index (χ3n) is 7.28. The molecular weight excluding hydrogens is 616 g/mol. The van der Waals surface area contributed by atoms with Gasteiger partial charge in [0.15, 0.2) is 5.96 Å². The molecule has 1 aliphatic carbocycles. The standard InChI is InChI=1S/C30H41BrN8O4/c1-19(32)26(40)37-24(13-8-14-36-30(33)34)27(41)38-25(15-20-9-4-2-5-10-20)29(43)39(23-11-6-3-7-12-23)28(42)21-16-22(31)18-35-17-21/h2,4-5,9-10,16-19,23-25H,3,6-8,11-15,32H2,1H3,(H,37,40)(H,38,41)(H4,33,34,36)/t19-,24-,25-/m0/s1. The summed E-state index contributed by atoms with van der Waals surface area (Å²) < 4.78 is 0.607. The van der Waals surface area contributed by atoms with Crippen molar-refractivity contribution in [3.05, 3.63) is 64.4 Å². The van der Waals surface area contributed by atoms with Gasteiger partial charge in [-0.2, -0.15) is 0 Å². The van der Waals surface area contributed by atoms with Crippen molar-refractivity contribution in [2.75, 3.05) is 6.54 Å². The number of amides is 4. The minimum Gasteiger partial charge on any atom is -0.370 e. The number of nitrogens with zero attached hydrogens (tertiary/aromatic N) is 2. The smallest absolute Gasteiger partial charge is 0.262 e. The number of nitrogens with two attached hydrogens (primary N) is 2. The van der Waals surface area contributed by atoms with Crippen molar-refractivity contribution in [1.29, 1.82) is 5.41 Å². The molecule has 3 rings (SSSR count). The molecule has 1 aromatic heterocycles. The van der Waals surface area contributed by atoms with E-state index >= 15 is 0 Å². The van der Waals surface area contributed by atoms with Gasteiger partial charge in [0.2, 0.25) is 11.8 Å². The van der Waals surface area contributed by atoms with E-state index in [4.69, 9.17) is 16.9 Å². The zero-order valence-corrected chi connectivity index (χ0v) is 25.9. The summed E-state index contributed by atoms with van der Waals surface area (Å²) in [5, 5.41) is 15.5. The molecule has 1 saturated carbocycles. The number of guanidine groups is 1. The number of rotatable bonds is 13. The van der Waals surface area contributed by atoms with Crippen LogP contribution in [0.2, 0.25) is 0 Å². The number of halogens is 1. The molecule has 2 aromatic rings. The lowest BCUT2D eigenvalue weighted by atomic mass is 9.92. The Morgan fingerprint density at radius 2 is 1.72 bits per heavy atom. The second-order valence-electron chi connectivity index (χ2n) is 10.8. The minimum absolute atomic E-state index is 0.137. The van der Waals surface area contributed by atoms with E-state index in [0.717, 1.165) is 24.8 Å². The Labute approximate surface area is 260 Å². The molecule has 0 unspecified atom stereocenters. The third kappa shape index (κ3) is 10.4. The van der Waals surface area contributed by atoms with Gasteiger partial charge >= 0.3 is 0 Å². The molecule has 0 saturated heterocycles. The van der Waals surface area contributed by atoms with Crippen molar-refractivity contribution in [3.63, 3.8) is 0 Å². The summed E-state index contributed by atoms with van der Waals surface area (Å²) in [6, 6.07) is 7.56. The maximum Gasteiger partial charge on any atom is 0.262 e. The number of hydrogen-bond donors (Lipinski definition) is 6. The molecular formula is C30H41BrN8O4. The Balaban J connectivity index is 1.93. The van der Waals surface area contributed by atoms with Gasteiger partial charge in [0.05, 0.1) is 11.6 Å². The number of benzene rings is 1. The highest BCUT2D eigenvalue weighted by atomic mass is 79.9. The average Bonchev–Trinajstić information content (AvgIpc) is 2.99. The Morgan fingerprint density at radius 1 is 1.05 bits per heavy atom. The Kier molecular flexibility index (Phi) is 13.1. The van der Waals surface area contributed by atoms with E-state index in [2.05, 4.69) is 36.9 Å². The molecule has 232 valence electrons. The molecule has 1 aliphatic rings. The fourth-order valence-corrected chi connectivity index (χ4v) is 5.41. The monoisotopic (exact) mass is 656 g/mol. The number of pyridine rings is 1. The molecule has 43 heavy (non-hydrogen) atoms. The highest BCUT2D eigenvalue weighted by Crippen LogP contribution is 2.26. The molecule has 12 nitrogen and oxygen atoms in total. The van der Waals surface area contributed by atoms with Crippen LogP contribution in [0.4, 0.5) is 0 Å². The molecule has 3 atom stereocenters. The number of hydrogen-bond acceptors (Lipinski definition) is 7. The predicted octanol–water partition coefficient (Wildman–Crippen LogP) is 1.97. The maximum absolute atomic E-state index is 14.4. The predicted molar refractivity (Wildman–Crippen MR) is 167 cm³/mol. The zero-order valence-electron chi connectivity index (χ0n) is 24.4. The van der Waals surface area contributed by atoms with Gasteiger partial charge in [-0.1, -0.05) is 49.6 Å². The van der Waals surface area contributed by atoms with E-state index in [1.54, 1.807) is 12.3 Å². The molecule has 4 amide bonds. The molecule has 0 radical (unpaired) electrons. The van der Waals surface area contributed by atoms with Gasteiger partial charge < -0.3 is 27.4 Å². The van der Waals surface area contributed by atoms with Crippen molar-refractivity contribution in [2.24, 2.45) is 11.5 Å². The molecule has 1 aromatic carbocycles. The van der Waals surface area contributed by atoms with Crippen LogP contribution in [0.25, 0.3) is 0 Å². The summed E-state index contributed by atoms with van der Waals surface area (Å²) in [7, 11) is 0. The number of nitrogens with one attached hydrogen (secondary N) is 4. The van der Waals surface area contributed by atoms with Crippen LogP contribution in [0.5, 0.6) is 0 Å². The summed E-state index contributed by atoms with van der Waals surface area (Å²) >= 11 is 3.36. The Bertz CT molecular complexity index is 1270. The first-order valence-corrected chi connectivity index (χ1v) is 15.3. The molecule has 1 fully saturated rings.